The average Bonchev–Trinajstić information content (AvgIpc) is 3.24. The summed E-state index contributed by atoms with van der Waals surface area (Å²) in [5.41, 5.74) is 2.02. The highest BCUT2D eigenvalue weighted by Gasteiger charge is 2.29. The summed E-state index contributed by atoms with van der Waals surface area (Å²) in [6, 6.07) is 15.2. The number of ether oxygens (including phenoxy) is 2. The Morgan fingerprint density at radius 1 is 1.10 bits per heavy atom. The molecule has 6 nitrogen and oxygen atoms in total. The molecule has 1 aromatic heterocycles. The van der Waals surface area contributed by atoms with Gasteiger partial charge in [0.2, 0.25) is 0 Å². The monoisotopic (exact) mass is 392 g/mol. The van der Waals surface area contributed by atoms with Crippen LogP contribution in [0.1, 0.15) is 26.3 Å². The Hall–Kier alpha value is -3.54. The van der Waals surface area contributed by atoms with Gasteiger partial charge in [-0.2, -0.15) is 0 Å². The normalized spacial score (nSPS) is 11.9. The maximum atomic E-state index is 11.1. The van der Waals surface area contributed by atoms with Gasteiger partial charge in [-0.05, 0) is 74.4 Å². The lowest BCUT2D eigenvalue weighted by Gasteiger charge is -2.21. The molecule has 6 heteroatoms. The van der Waals surface area contributed by atoms with Crippen LogP contribution in [0.5, 0.6) is 11.5 Å². The molecule has 0 radical (unpaired) electrons. The van der Waals surface area contributed by atoms with Gasteiger partial charge < -0.3 is 19.1 Å². The van der Waals surface area contributed by atoms with Gasteiger partial charge in [-0.3, -0.25) is 0 Å². The first-order chi connectivity index (χ1) is 13.8. The van der Waals surface area contributed by atoms with Crippen molar-refractivity contribution in [3.8, 4) is 17.2 Å². The fourth-order valence-corrected chi connectivity index (χ4v) is 2.63. The summed E-state index contributed by atoms with van der Waals surface area (Å²) in [6.07, 6.45) is 7.45. The predicted octanol–water partition coefficient (Wildman–Crippen LogP) is 4.60. The molecule has 3 aromatic rings. The van der Waals surface area contributed by atoms with E-state index in [1.165, 1.54) is 13.8 Å². The molecular weight excluding hydrogens is 368 g/mol. The number of allylic oxidation sites excluding steroid dienone is 1. The largest absolute Gasteiger partial charge is 0.490 e. The topological polar surface area (TPSA) is 73.6 Å². The number of aromatic nitrogens is 2. The van der Waals surface area contributed by atoms with Crippen molar-refractivity contribution in [1.82, 2.24) is 9.55 Å². The highest BCUT2D eigenvalue weighted by atomic mass is 16.5. The molecule has 2 aromatic carbocycles. The first-order valence-corrected chi connectivity index (χ1v) is 9.26. The van der Waals surface area contributed by atoms with Gasteiger partial charge in [-0.25, -0.2) is 9.78 Å². The molecule has 0 aliphatic rings. The first-order valence-electron chi connectivity index (χ1n) is 9.26. The quantitative estimate of drug-likeness (QED) is 0.607. The Kier molecular flexibility index (Phi) is 6.02. The van der Waals surface area contributed by atoms with Gasteiger partial charge in [-0.1, -0.05) is 12.1 Å². The van der Waals surface area contributed by atoms with E-state index in [0.29, 0.717) is 18.1 Å². The van der Waals surface area contributed by atoms with Crippen LogP contribution in [0, 0.1) is 0 Å². The van der Waals surface area contributed by atoms with Crippen LogP contribution in [0.15, 0.2) is 73.3 Å². The van der Waals surface area contributed by atoms with Gasteiger partial charge in [0.05, 0.1) is 6.33 Å². The first kappa shape index (κ1) is 20.2. The van der Waals surface area contributed by atoms with E-state index >= 15 is 0 Å². The van der Waals surface area contributed by atoms with Crippen molar-refractivity contribution < 1.29 is 19.4 Å². The van der Waals surface area contributed by atoms with Crippen LogP contribution in [-0.2, 0) is 4.79 Å². The second-order valence-electron chi connectivity index (χ2n) is 7.10. The molecule has 0 atom stereocenters. The van der Waals surface area contributed by atoms with Crippen molar-refractivity contribution in [2.24, 2.45) is 0 Å². The molecule has 0 fully saturated rings. The number of carbonyl (C=O) groups is 1. The number of rotatable bonds is 8. The molecule has 0 bridgehead atoms. The number of hydrogen-bond donors (Lipinski definition) is 1. The van der Waals surface area contributed by atoms with E-state index in [4.69, 9.17) is 14.6 Å². The molecular formula is C23H24N2O4. The molecule has 1 heterocycles. The number of carboxylic acids is 1. The van der Waals surface area contributed by atoms with Crippen LogP contribution in [0.2, 0.25) is 0 Å². The van der Waals surface area contributed by atoms with Crippen LogP contribution in [0.25, 0.3) is 11.3 Å². The Balaban J connectivity index is 1.56. The zero-order chi connectivity index (χ0) is 20.9. The predicted molar refractivity (Wildman–Crippen MR) is 111 cm³/mol. The second-order valence-corrected chi connectivity index (χ2v) is 7.10. The van der Waals surface area contributed by atoms with Crippen LogP contribution in [0.3, 0.4) is 0 Å². The van der Waals surface area contributed by atoms with E-state index < -0.39 is 11.6 Å². The lowest BCUT2D eigenvalue weighted by atomic mass is 10.1. The van der Waals surface area contributed by atoms with E-state index in [-0.39, 0.29) is 0 Å². The fourth-order valence-electron chi connectivity index (χ4n) is 2.63. The van der Waals surface area contributed by atoms with Crippen molar-refractivity contribution in [2.75, 3.05) is 6.61 Å². The zero-order valence-corrected chi connectivity index (χ0v) is 16.7. The highest BCUT2D eigenvalue weighted by Crippen LogP contribution is 2.22. The van der Waals surface area contributed by atoms with E-state index in [0.717, 1.165) is 16.8 Å². The lowest BCUT2D eigenvalue weighted by molar-refractivity contribution is -0.152. The van der Waals surface area contributed by atoms with E-state index in [2.05, 4.69) is 17.1 Å². The Morgan fingerprint density at radius 3 is 2.34 bits per heavy atom. The SMILES string of the molecule is C/C(=C/COc1ccc(OC(C)(C)C(=O)O)cc1)c1ccc(-n2ccnc2)cc1. The van der Waals surface area contributed by atoms with Crippen LogP contribution in [0.4, 0.5) is 0 Å². The third kappa shape index (κ3) is 5.25. The summed E-state index contributed by atoms with van der Waals surface area (Å²) in [4.78, 5) is 15.2. The molecule has 0 aliphatic carbocycles. The van der Waals surface area contributed by atoms with E-state index in [1.807, 2.05) is 35.9 Å². The van der Waals surface area contributed by atoms with Crippen molar-refractivity contribution in [2.45, 2.75) is 26.4 Å². The highest BCUT2D eigenvalue weighted by molar-refractivity contribution is 5.76. The lowest BCUT2D eigenvalue weighted by Crippen LogP contribution is -2.37. The summed E-state index contributed by atoms with van der Waals surface area (Å²) in [5.74, 6) is 0.149. The molecule has 0 saturated heterocycles. The molecule has 0 amide bonds. The summed E-state index contributed by atoms with van der Waals surface area (Å²) in [7, 11) is 0. The van der Waals surface area contributed by atoms with Crippen LogP contribution >= 0.6 is 0 Å². The maximum absolute atomic E-state index is 11.1. The fraction of sp³-hybridized carbons (Fsp3) is 0.217. The number of benzene rings is 2. The third-order valence-corrected chi connectivity index (χ3v) is 4.48. The number of aliphatic carboxylic acids is 1. The Bertz CT molecular complexity index is 973. The minimum atomic E-state index is -1.28. The van der Waals surface area contributed by atoms with E-state index in [9.17, 15) is 4.79 Å². The van der Waals surface area contributed by atoms with Crippen molar-refractivity contribution >= 4 is 11.5 Å². The van der Waals surface area contributed by atoms with Gasteiger partial charge in [0, 0.05) is 18.1 Å². The smallest absolute Gasteiger partial charge is 0.347 e. The number of carboxylic acid groups (broad SMARTS) is 1. The second kappa shape index (κ2) is 8.65. The minimum Gasteiger partial charge on any atom is -0.490 e. The number of hydrogen-bond acceptors (Lipinski definition) is 4. The minimum absolute atomic E-state index is 0.427. The van der Waals surface area contributed by atoms with E-state index in [1.54, 1.807) is 36.8 Å². The van der Waals surface area contributed by atoms with Gasteiger partial charge >= 0.3 is 5.97 Å². The molecule has 0 saturated carbocycles. The van der Waals surface area contributed by atoms with Crippen LogP contribution < -0.4 is 9.47 Å². The van der Waals surface area contributed by atoms with Crippen LogP contribution in [-0.4, -0.2) is 32.8 Å². The Labute approximate surface area is 170 Å². The van der Waals surface area contributed by atoms with Crippen molar-refractivity contribution in [1.29, 1.82) is 0 Å². The standard InChI is InChI=1S/C23H24N2O4/c1-17(18-4-6-19(7-5-18)25-14-13-24-16-25)12-15-28-20-8-10-21(11-9-20)29-23(2,3)22(26)27/h4-14,16H,15H2,1-3H3,(H,26,27)/b17-12-. The summed E-state index contributed by atoms with van der Waals surface area (Å²) >= 11 is 0. The van der Waals surface area contributed by atoms with Gasteiger partial charge in [-0.15, -0.1) is 0 Å². The molecule has 0 aliphatic heterocycles. The molecule has 3 rings (SSSR count). The van der Waals surface area contributed by atoms with Crippen molar-refractivity contribution in [3.05, 3.63) is 78.9 Å². The average molecular weight is 392 g/mol. The van der Waals surface area contributed by atoms with Crippen molar-refractivity contribution in [3.63, 3.8) is 0 Å². The number of nitrogens with zero attached hydrogens (tertiary/aromatic N) is 2. The Morgan fingerprint density at radius 2 is 1.76 bits per heavy atom. The third-order valence-electron chi connectivity index (χ3n) is 4.48. The molecule has 29 heavy (non-hydrogen) atoms. The summed E-state index contributed by atoms with van der Waals surface area (Å²) in [5, 5.41) is 9.12. The van der Waals surface area contributed by atoms with Gasteiger partial charge in [0.1, 0.15) is 18.1 Å². The number of imidazole rings is 1. The summed E-state index contributed by atoms with van der Waals surface area (Å²) < 4.78 is 13.2. The van der Waals surface area contributed by atoms with Gasteiger partial charge in [0.25, 0.3) is 0 Å². The molecule has 1 N–H and O–H groups in total. The molecule has 0 unspecified atom stereocenters. The zero-order valence-electron chi connectivity index (χ0n) is 16.7. The maximum Gasteiger partial charge on any atom is 0.347 e. The molecule has 0 spiro atoms. The molecule has 150 valence electrons. The summed E-state index contributed by atoms with van der Waals surface area (Å²) in [6.45, 7) is 5.49. The van der Waals surface area contributed by atoms with Gasteiger partial charge in [0.15, 0.2) is 5.60 Å².